The van der Waals surface area contributed by atoms with Crippen LogP contribution in [0.15, 0.2) is 22.0 Å². The normalized spacial score (nSPS) is 17.5. The summed E-state index contributed by atoms with van der Waals surface area (Å²) in [5.74, 6) is 0. The summed E-state index contributed by atoms with van der Waals surface area (Å²) in [4.78, 5) is 0. The molecular formula is C9H15N2. The van der Waals surface area contributed by atoms with Gasteiger partial charge in [-0.1, -0.05) is 26.7 Å². The highest BCUT2D eigenvalue weighted by Gasteiger charge is 2.11. The first-order chi connectivity index (χ1) is 5.36. The maximum Gasteiger partial charge on any atom is 0.133 e. The Kier molecular flexibility index (Phi) is 3.27. The lowest BCUT2D eigenvalue weighted by molar-refractivity contribution is 0.814. The van der Waals surface area contributed by atoms with Crippen molar-refractivity contribution in [2.24, 2.45) is 10.2 Å². The molecule has 0 aliphatic carbocycles. The molecule has 1 radical (unpaired) electrons. The van der Waals surface area contributed by atoms with Crippen molar-refractivity contribution in [3.8, 4) is 0 Å². The van der Waals surface area contributed by atoms with E-state index in [0.717, 1.165) is 37.4 Å². The molecule has 2 nitrogen and oxygen atoms in total. The van der Waals surface area contributed by atoms with Crippen molar-refractivity contribution in [1.29, 1.82) is 0 Å². The summed E-state index contributed by atoms with van der Waals surface area (Å²) in [6.45, 7) is 4.32. The third-order valence-electron chi connectivity index (χ3n) is 1.65. The Bertz CT molecular complexity index is 170. The highest BCUT2D eigenvalue weighted by atomic mass is 15.1. The molecule has 2 heteroatoms. The van der Waals surface area contributed by atoms with Gasteiger partial charge in [-0.2, -0.15) is 10.2 Å². The molecule has 0 unspecified atom stereocenters. The molecule has 0 bridgehead atoms. The van der Waals surface area contributed by atoms with E-state index in [1.165, 1.54) is 0 Å². The number of hydrogen-bond acceptors (Lipinski definition) is 2. The van der Waals surface area contributed by atoms with Gasteiger partial charge in [0.15, 0.2) is 0 Å². The summed E-state index contributed by atoms with van der Waals surface area (Å²) >= 11 is 0. The van der Waals surface area contributed by atoms with Crippen LogP contribution in [0.2, 0.25) is 0 Å². The van der Waals surface area contributed by atoms with Crippen molar-refractivity contribution in [3.05, 3.63) is 17.8 Å². The molecule has 1 rings (SSSR count). The molecule has 0 atom stereocenters. The second-order valence-electron chi connectivity index (χ2n) is 2.83. The van der Waals surface area contributed by atoms with Crippen molar-refractivity contribution >= 4 is 0 Å². The average Bonchev–Trinajstić information content (AvgIpc) is 2.38. The van der Waals surface area contributed by atoms with Crippen molar-refractivity contribution in [1.82, 2.24) is 0 Å². The SMILES string of the molecule is CCC[C]1C=C(CCC)N=N1. The highest BCUT2D eigenvalue weighted by Crippen LogP contribution is 2.25. The summed E-state index contributed by atoms with van der Waals surface area (Å²) in [5, 5.41) is 8.15. The minimum Gasteiger partial charge on any atom is -0.175 e. The van der Waals surface area contributed by atoms with Crippen LogP contribution in [-0.2, 0) is 0 Å². The van der Waals surface area contributed by atoms with Crippen molar-refractivity contribution in [2.45, 2.75) is 39.5 Å². The fourth-order valence-electron chi connectivity index (χ4n) is 1.14. The lowest BCUT2D eigenvalue weighted by atomic mass is 10.1. The molecule has 61 valence electrons. The van der Waals surface area contributed by atoms with Crippen LogP contribution in [0, 0.1) is 6.04 Å². The predicted octanol–water partition coefficient (Wildman–Crippen LogP) is 3.47. The quantitative estimate of drug-likeness (QED) is 0.587. The Morgan fingerprint density at radius 1 is 1.09 bits per heavy atom. The van der Waals surface area contributed by atoms with E-state index in [4.69, 9.17) is 0 Å². The molecule has 0 amide bonds. The van der Waals surface area contributed by atoms with Crippen molar-refractivity contribution in [3.63, 3.8) is 0 Å². The number of azo groups is 1. The van der Waals surface area contributed by atoms with E-state index >= 15 is 0 Å². The zero-order chi connectivity index (χ0) is 8.10. The van der Waals surface area contributed by atoms with Gasteiger partial charge < -0.3 is 0 Å². The molecule has 0 saturated carbocycles. The maximum absolute atomic E-state index is 4.07. The summed E-state index contributed by atoms with van der Waals surface area (Å²) in [7, 11) is 0. The van der Waals surface area contributed by atoms with Gasteiger partial charge >= 0.3 is 0 Å². The van der Waals surface area contributed by atoms with Crippen LogP contribution in [0.25, 0.3) is 0 Å². The Morgan fingerprint density at radius 2 is 1.82 bits per heavy atom. The summed E-state index contributed by atoms with van der Waals surface area (Å²) < 4.78 is 0. The van der Waals surface area contributed by atoms with Crippen LogP contribution >= 0.6 is 0 Å². The van der Waals surface area contributed by atoms with Gasteiger partial charge in [0, 0.05) is 0 Å². The fraction of sp³-hybridized carbons (Fsp3) is 0.667. The summed E-state index contributed by atoms with van der Waals surface area (Å²) in [5.41, 5.74) is 1.15. The van der Waals surface area contributed by atoms with Gasteiger partial charge in [0.1, 0.15) is 6.04 Å². The second-order valence-corrected chi connectivity index (χ2v) is 2.83. The molecule has 0 N–H and O–H groups in total. The van der Waals surface area contributed by atoms with Gasteiger partial charge in [-0.05, 0) is 18.9 Å². The summed E-state index contributed by atoms with van der Waals surface area (Å²) in [6, 6.07) is 1.15. The molecule has 0 aromatic carbocycles. The second kappa shape index (κ2) is 4.27. The molecule has 0 saturated heterocycles. The molecule has 1 aliphatic rings. The number of hydrogen-bond donors (Lipinski definition) is 0. The lowest BCUT2D eigenvalue weighted by Crippen LogP contribution is -1.83. The van der Waals surface area contributed by atoms with Gasteiger partial charge in [0.2, 0.25) is 0 Å². The molecule has 11 heavy (non-hydrogen) atoms. The van der Waals surface area contributed by atoms with Gasteiger partial charge in [0.25, 0.3) is 0 Å². The van der Waals surface area contributed by atoms with E-state index in [1.807, 2.05) is 0 Å². The standard InChI is InChI=1S/C9H15N2/c1-3-5-8-7-9(6-4-2)11-10-8/h7H,3-6H2,1-2H3. The van der Waals surface area contributed by atoms with Gasteiger partial charge in [-0.15, -0.1) is 0 Å². The minimum atomic E-state index is 1.07. The molecular weight excluding hydrogens is 136 g/mol. The van der Waals surface area contributed by atoms with Gasteiger partial charge in [-0.3, -0.25) is 0 Å². The number of allylic oxidation sites excluding steroid dienone is 1. The molecule has 0 spiro atoms. The average molecular weight is 151 g/mol. The highest BCUT2D eigenvalue weighted by molar-refractivity contribution is 5.19. The Morgan fingerprint density at radius 3 is 2.45 bits per heavy atom. The van der Waals surface area contributed by atoms with E-state index in [0.29, 0.717) is 0 Å². The molecule has 0 aromatic rings. The zero-order valence-electron chi connectivity index (χ0n) is 7.30. The number of rotatable bonds is 4. The van der Waals surface area contributed by atoms with Gasteiger partial charge in [-0.25, -0.2) is 0 Å². The first kappa shape index (κ1) is 8.44. The Balaban J connectivity index is 2.36. The molecule has 0 fully saturated rings. The molecule has 1 heterocycles. The van der Waals surface area contributed by atoms with Gasteiger partial charge in [0.05, 0.1) is 5.70 Å². The van der Waals surface area contributed by atoms with Crippen molar-refractivity contribution in [2.75, 3.05) is 0 Å². The fourth-order valence-corrected chi connectivity index (χ4v) is 1.14. The largest absolute Gasteiger partial charge is 0.175 e. The third-order valence-corrected chi connectivity index (χ3v) is 1.65. The van der Waals surface area contributed by atoms with E-state index in [-0.39, 0.29) is 0 Å². The van der Waals surface area contributed by atoms with Crippen LogP contribution in [0.1, 0.15) is 39.5 Å². The number of nitrogens with zero attached hydrogens (tertiary/aromatic N) is 2. The Hall–Kier alpha value is -0.660. The maximum atomic E-state index is 4.07. The molecule has 0 aromatic heterocycles. The monoisotopic (exact) mass is 151 g/mol. The summed E-state index contributed by atoms with van der Waals surface area (Å²) in [6.07, 6.45) is 6.56. The smallest absolute Gasteiger partial charge is 0.133 e. The Labute approximate surface area is 68.4 Å². The van der Waals surface area contributed by atoms with Crippen molar-refractivity contribution < 1.29 is 0 Å². The van der Waals surface area contributed by atoms with E-state index in [9.17, 15) is 0 Å². The minimum absolute atomic E-state index is 1.07. The van der Waals surface area contributed by atoms with E-state index in [2.05, 4.69) is 30.2 Å². The van der Waals surface area contributed by atoms with E-state index < -0.39 is 0 Å². The van der Waals surface area contributed by atoms with Crippen LogP contribution in [-0.4, -0.2) is 0 Å². The lowest BCUT2D eigenvalue weighted by Gasteiger charge is -1.94. The zero-order valence-corrected chi connectivity index (χ0v) is 7.30. The van der Waals surface area contributed by atoms with E-state index in [1.54, 1.807) is 0 Å². The van der Waals surface area contributed by atoms with Crippen LogP contribution in [0.3, 0.4) is 0 Å². The van der Waals surface area contributed by atoms with Crippen LogP contribution in [0.4, 0.5) is 0 Å². The third kappa shape index (κ3) is 2.45. The molecule has 1 aliphatic heterocycles. The first-order valence-corrected chi connectivity index (χ1v) is 4.35. The predicted molar refractivity (Wildman–Crippen MR) is 46.0 cm³/mol. The first-order valence-electron chi connectivity index (χ1n) is 4.35. The topological polar surface area (TPSA) is 24.7 Å². The van der Waals surface area contributed by atoms with Crippen LogP contribution < -0.4 is 0 Å². The van der Waals surface area contributed by atoms with Crippen LogP contribution in [0.5, 0.6) is 0 Å².